The molecule has 2 rings (SSSR count). The molecule has 1 fully saturated rings. The molecule has 0 radical (unpaired) electrons. The largest absolute Gasteiger partial charge is 0.375 e. The van der Waals surface area contributed by atoms with Gasteiger partial charge in [-0.1, -0.05) is 28.1 Å². The molecule has 1 nitrogen and oxygen atoms in total. The molecule has 13 heavy (non-hydrogen) atoms. The Labute approximate surface area is 87.2 Å². The predicted octanol–water partition coefficient (Wildman–Crippen LogP) is 3.17. The van der Waals surface area contributed by atoms with Crippen LogP contribution in [-0.4, -0.2) is 12.2 Å². The Bertz CT molecular complexity index is 305. The van der Waals surface area contributed by atoms with Gasteiger partial charge in [0.2, 0.25) is 0 Å². The van der Waals surface area contributed by atoms with E-state index in [1.165, 1.54) is 12.0 Å². The van der Waals surface area contributed by atoms with Gasteiger partial charge in [-0.05, 0) is 31.0 Å². The molecular weight excluding hydrogens is 228 g/mol. The van der Waals surface area contributed by atoms with Gasteiger partial charge in [-0.3, -0.25) is 0 Å². The van der Waals surface area contributed by atoms with Gasteiger partial charge in [0.05, 0.1) is 12.2 Å². The second-order valence-corrected chi connectivity index (χ2v) is 4.77. The van der Waals surface area contributed by atoms with Crippen molar-refractivity contribution < 1.29 is 4.74 Å². The van der Waals surface area contributed by atoms with E-state index in [9.17, 15) is 0 Å². The summed E-state index contributed by atoms with van der Waals surface area (Å²) in [7, 11) is 0. The van der Waals surface area contributed by atoms with Crippen molar-refractivity contribution in [3.8, 4) is 0 Å². The highest BCUT2D eigenvalue weighted by molar-refractivity contribution is 9.10. The van der Waals surface area contributed by atoms with E-state index in [0.29, 0.717) is 0 Å². The normalized spacial score (nSPS) is 26.9. The molecule has 1 aliphatic rings. The number of hydrogen-bond acceptors (Lipinski definition) is 1. The summed E-state index contributed by atoms with van der Waals surface area (Å²) >= 11 is 3.47. The van der Waals surface area contributed by atoms with Crippen molar-refractivity contribution in [1.29, 1.82) is 0 Å². The van der Waals surface area contributed by atoms with Gasteiger partial charge in [0.25, 0.3) is 0 Å². The number of rotatable bonds is 2. The van der Waals surface area contributed by atoms with E-state index in [0.717, 1.165) is 17.5 Å². The summed E-state index contributed by atoms with van der Waals surface area (Å²) in [6.45, 7) is 3.10. The van der Waals surface area contributed by atoms with Crippen molar-refractivity contribution in [3.63, 3.8) is 0 Å². The van der Waals surface area contributed by atoms with Crippen molar-refractivity contribution in [3.05, 3.63) is 34.3 Å². The third kappa shape index (κ3) is 2.12. The molecule has 0 amide bonds. The van der Waals surface area contributed by atoms with Crippen molar-refractivity contribution in [2.75, 3.05) is 6.61 Å². The lowest BCUT2D eigenvalue weighted by Crippen LogP contribution is -2.42. The van der Waals surface area contributed by atoms with E-state index in [1.807, 2.05) is 6.07 Å². The average Bonchev–Trinajstić information content (AvgIpc) is 2.01. The fraction of sp³-hybridized carbons (Fsp3) is 0.455. The third-order valence-corrected chi connectivity index (χ3v) is 3.04. The first-order chi connectivity index (χ1) is 6.18. The minimum Gasteiger partial charge on any atom is -0.375 e. The molecule has 1 aromatic carbocycles. The molecule has 0 spiro atoms. The maximum Gasteiger partial charge on any atom is 0.0716 e. The monoisotopic (exact) mass is 240 g/mol. The number of hydrogen-bond donors (Lipinski definition) is 0. The summed E-state index contributed by atoms with van der Waals surface area (Å²) < 4.78 is 6.69. The van der Waals surface area contributed by atoms with E-state index in [1.54, 1.807) is 0 Å². The van der Waals surface area contributed by atoms with Crippen LogP contribution in [0.4, 0.5) is 0 Å². The lowest BCUT2D eigenvalue weighted by Gasteiger charge is -2.38. The van der Waals surface area contributed by atoms with E-state index >= 15 is 0 Å². The number of benzene rings is 1. The van der Waals surface area contributed by atoms with Gasteiger partial charge in [0, 0.05) is 10.9 Å². The highest BCUT2D eigenvalue weighted by Crippen LogP contribution is 2.30. The molecule has 1 unspecified atom stereocenters. The highest BCUT2D eigenvalue weighted by atomic mass is 79.9. The van der Waals surface area contributed by atoms with Crippen LogP contribution in [0.1, 0.15) is 18.9 Å². The first kappa shape index (κ1) is 9.22. The van der Waals surface area contributed by atoms with Gasteiger partial charge in [-0.25, -0.2) is 0 Å². The summed E-state index contributed by atoms with van der Waals surface area (Å²) in [5.74, 6) is 0. The molecule has 1 saturated heterocycles. The van der Waals surface area contributed by atoms with Gasteiger partial charge < -0.3 is 4.74 Å². The molecule has 1 heterocycles. The summed E-state index contributed by atoms with van der Waals surface area (Å²) in [5, 5.41) is 0. The van der Waals surface area contributed by atoms with Crippen LogP contribution in [0.15, 0.2) is 28.7 Å². The lowest BCUT2D eigenvalue weighted by molar-refractivity contribution is -0.132. The Kier molecular flexibility index (Phi) is 2.43. The van der Waals surface area contributed by atoms with E-state index < -0.39 is 0 Å². The molecule has 70 valence electrons. The zero-order valence-corrected chi connectivity index (χ0v) is 9.30. The minimum atomic E-state index is 0.0980. The highest BCUT2D eigenvalue weighted by Gasteiger charge is 2.32. The smallest absolute Gasteiger partial charge is 0.0716 e. The van der Waals surface area contributed by atoms with Crippen LogP contribution in [0.3, 0.4) is 0 Å². The quantitative estimate of drug-likeness (QED) is 0.772. The second-order valence-electron chi connectivity index (χ2n) is 3.86. The minimum absolute atomic E-state index is 0.0980. The Balaban J connectivity index is 2.09. The first-order valence-electron chi connectivity index (χ1n) is 4.56. The Morgan fingerprint density at radius 3 is 2.85 bits per heavy atom. The number of halogens is 1. The maximum absolute atomic E-state index is 5.55. The summed E-state index contributed by atoms with van der Waals surface area (Å²) in [4.78, 5) is 0. The summed E-state index contributed by atoms with van der Waals surface area (Å²) in [6, 6.07) is 8.43. The predicted molar refractivity (Wildman–Crippen MR) is 56.8 cm³/mol. The fourth-order valence-corrected chi connectivity index (χ4v) is 2.12. The molecule has 0 aromatic heterocycles. The molecule has 2 heteroatoms. The maximum atomic E-state index is 5.55. The fourth-order valence-electron chi connectivity index (χ4n) is 1.67. The molecule has 1 atom stereocenters. The first-order valence-corrected chi connectivity index (χ1v) is 5.36. The molecule has 0 aliphatic carbocycles. The van der Waals surface area contributed by atoms with Crippen LogP contribution < -0.4 is 0 Å². The SMILES string of the molecule is CC1(Cc2cccc(Br)c2)CCO1. The van der Waals surface area contributed by atoms with Gasteiger partial charge in [0.1, 0.15) is 0 Å². The van der Waals surface area contributed by atoms with Gasteiger partial charge in [-0.2, -0.15) is 0 Å². The molecule has 1 aliphatic heterocycles. The van der Waals surface area contributed by atoms with Gasteiger partial charge in [0.15, 0.2) is 0 Å². The zero-order chi connectivity index (χ0) is 9.31. The van der Waals surface area contributed by atoms with Crippen LogP contribution in [0.5, 0.6) is 0 Å². The average molecular weight is 241 g/mol. The standard InChI is InChI=1S/C11H13BrO/c1-11(5-6-13-11)8-9-3-2-4-10(12)7-9/h2-4,7H,5-6,8H2,1H3. The van der Waals surface area contributed by atoms with E-state index in [4.69, 9.17) is 4.74 Å². The zero-order valence-electron chi connectivity index (χ0n) is 7.72. The van der Waals surface area contributed by atoms with Gasteiger partial charge in [-0.15, -0.1) is 0 Å². The second kappa shape index (κ2) is 3.43. The Morgan fingerprint density at radius 1 is 1.54 bits per heavy atom. The van der Waals surface area contributed by atoms with Crippen LogP contribution >= 0.6 is 15.9 Å². The number of ether oxygens (including phenoxy) is 1. The van der Waals surface area contributed by atoms with Crippen LogP contribution in [0.2, 0.25) is 0 Å². The van der Waals surface area contributed by atoms with Crippen LogP contribution in [-0.2, 0) is 11.2 Å². The van der Waals surface area contributed by atoms with Crippen LogP contribution in [0, 0.1) is 0 Å². The van der Waals surface area contributed by atoms with Crippen LogP contribution in [0.25, 0.3) is 0 Å². The summed E-state index contributed by atoms with van der Waals surface area (Å²) in [6.07, 6.45) is 2.20. The molecule has 0 N–H and O–H groups in total. The Morgan fingerprint density at radius 2 is 2.31 bits per heavy atom. The van der Waals surface area contributed by atoms with E-state index in [2.05, 4.69) is 41.1 Å². The van der Waals surface area contributed by atoms with Gasteiger partial charge >= 0.3 is 0 Å². The molecule has 0 bridgehead atoms. The van der Waals surface area contributed by atoms with Crippen molar-refractivity contribution in [2.45, 2.75) is 25.4 Å². The Hall–Kier alpha value is -0.340. The van der Waals surface area contributed by atoms with Crippen molar-refractivity contribution in [1.82, 2.24) is 0 Å². The lowest BCUT2D eigenvalue weighted by atomic mass is 9.89. The van der Waals surface area contributed by atoms with E-state index in [-0.39, 0.29) is 5.60 Å². The van der Waals surface area contributed by atoms with Crippen molar-refractivity contribution >= 4 is 15.9 Å². The summed E-state index contributed by atoms with van der Waals surface area (Å²) in [5.41, 5.74) is 1.44. The molecular formula is C11H13BrO. The van der Waals surface area contributed by atoms with Crippen molar-refractivity contribution in [2.24, 2.45) is 0 Å². The molecule has 0 saturated carbocycles. The third-order valence-electron chi connectivity index (χ3n) is 2.55. The molecule has 1 aromatic rings. The topological polar surface area (TPSA) is 9.23 Å².